The summed E-state index contributed by atoms with van der Waals surface area (Å²) in [5, 5.41) is 2.89. The highest BCUT2D eigenvalue weighted by molar-refractivity contribution is 6.07. The van der Waals surface area contributed by atoms with Crippen LogP contribution >= 0.6 is 0 Å². The van der Waals surface area contributed by atoms with E-state index in [4.69, 9.17) is 0 Å². The van der Waals surface area contributed by atoms with Crippen LogP contribution in [0.4, 0.5) is 4.79 Å². The summed E-state index contributed by atoms with van der Waals surface area (Å²) in [5.41, 5.74) is -0.107. The molecule has 2 saturated heterocycles. The van der Waals surface area contributed by atoms with Crippen LogP contribution in [0.25, 0.3) is 0 Å². The average molecular weight is 316 g/mol. The molecular weight excluding hydrogens is 290 g/mol. The molecule has 23 heavy (non-hydrogen) atoms. The van der Waals surface area contributed by atoms with Gasteiger partial charge in [-0.2, -0.15) is 0 Å². The summed E-state index contributed by atoms with van der Waals surface area (Å²) in [5.74, 6) is -0.136. The standard InChI is InChI=1S/C18H25N3O2/c1-18(15-10-6-5-7-11-15)16(22)21(17(23)19-18)14-20-12-8-3-2-4-9-13-20/h5-7,10-11H,2-4,8-9,12-14H2,1H3,(H,19,23)/p+1/t18-/m0/s1. The minimum atomic E-state index is -0.944. The Morgan fingerprint density at radius 2 is 1.65 bits per heavy atom. The monoisotopic (exact) mass is 316 g/mol. The van der Waals surface area contributed by atoms with E-state index >= 15 is 0 Å². The summed E-state index contributed by atoms with van der Waals surface area (Å²) in [6, 6.07) is 9.22. The van der Waals surface area contributed by atoms with Crippen molar-refractivity contribution >= 4 is 11.9 Å². The number of nitrogens with zero attached hydrogens (tertiary/aromatic N) is 1. The van der Waals surface area contributed by atoms with Crippen molar-refractivity contribution in [3.8, 4) is 0 Å². The van der Waals surface area contributed by atoms with Gasteiger partial charge < -0.3 is 10.2 Å². The Kier molecular flexibility index (Phi) is 4.66. The fraction of sp³-hybridized carbons (Fsp3) is 0.556. The van der Waals surface area contributed by atoms with E-state index in [0.717, 1.165) is 18.7 Å². The number of amides is 3. The number of imide groups is 1. The van der Waals surface area contributed by atoms with Crippen LogP contribution in [-0.4, -0.2) is 36.6 Å². The lowest BCUT2D eigenvalue weighted by Crippen LogP contribution is -3.13. The van der Waals surface area contributed by atoms with Crippen LogP contribution in [0, 0.1) is 0 Å². The van der Waals surface area contributed by atoms with Crippen LogP contribution in [-0.2, 0) is 10.3 Å². The van der Waals surface area contributed by atoms with E-state index in [1.807, 2.05) is 30.3 Å². The van der Waals surface area contributed by atoms with Gasteiger partial charge in [-0.05, 0) is 38.2 Å². The molecule has 2 N–H and O–H groups in total. The van der Waals surface area contributed by atoms with E-state index in [-0.39, 0.29) is 11.9 Å². The van der Waals surface area contributed by atoms with Gasteiger partial charge in [0, 0.05) is 0 Å². The van der Waals surface area contributed by atoms with Crippen molar-refractivity contribution in [3.63, 3.8) is 0 Å². The molecule has 1 aromatic carbocycles. The van der Waals surface area contributed by atoms with Crippen molar-refractivity contribution in [2.75, 3.05) is 19.8 Å². The summed E-state index contributed by atoms with van der Waals surface area (Å²) in [4.78, 5) is 28.0. The molecule has 2 aliphatic heterocycles. The van der Waals surface area contributed by atoms with Crippen LogP contribution in [0.1, 0.15) is 44.6 Å². The maximum atomic E-state index is 12.9. The summed E-state index contributed by atoms with van der Waals surface area (Å²) in [6.07, 6.45) is 6.17. The van der Waals surface area contributed by atoms with E-state index in [0.29, 0.717) is 6.67 Å². The van der Waals surface area contributed by atoms with Gasteiger partial charge in [0.15, 0.2) is 6.67 Å². The predicted molar refractivity (Wildman–Crippen MR) is 87.8 cm³/mol. The molecule has 1 atom stereocenters. The largest absolute Gasteiger partial charge is 0.329 e. The first-order valence-corrected chi connectivity index (χ1v) is 8.64. The van der Waals surface area contributed by atoms with Gasteiger partial charge in [-0.15, -0.1) is 0 Å². The molecule has 0 radical (unpaired) electrons. The normalized spacial score (nSPS) is 26.7. The van der Waals surface area contributed by atoms with Gasteiger partial charge >= 0.3 is 6.03 Å². The Balaban J connectivity index is 1.73. The SMILES string of the molecule is C[C@@]1(c2ccccc2)NC(=O)N(C[NH+]2CCCCCCC2)C1=O. The molecule has 0 spiro atoms. The first kappa shape index (κ1) is 16.0. The topological polar surface area (TPSA) is 53.9 Å². The van der Waals surface area contributed by atoms with Crippen LogP contribution in [0.2, 0.25) is 0 Å². The maximum absolute atomic E-state index is 12.9. The number of carbonyl (C=O) groups is 2. The number of likely N-dealkylation sites (tertiary alicyclic amines) is 1. The lowest BCUT2D eigenvalue weighted by molar-refractivity contribution is -0.908. The molecule has 0 aromatic heterocycles. The van der Waals surface area contributed by atoms with Gasteiger partial charge in [-0.1, -0.05) is 36.8 Å². The molecule has 0 unspecified atom stereocenters. The number of benzene rings is 1. The summed E-state index contributed by atoms with van der Waals surface area (Å²) in [7, 11) is 0. The molecule has 124 valence electrons. The summed E-state index contributed by atoms with van der Waals surface area (Å²) >= 11 is 0. The number of hydrogen-bond donors (Lipinski definition) is 2. The fourth-order valence-electron chi connectivity index (χ4n) is 3.59. The van der Waals surface area contributed by atoms with E-state index < -0.39 is 5.54 Å². The van der Waals surface area contributed by atoms with Crippen molar-refractivity contribution in [2.45, 2.75) is 44.6 Å². The Morgan fingerprint density at radius 1 is 1.04 bits per heavy atom. The van der Waals surface area contributed by atoms with Gasteiger partial charge in [-0.3, -0.25) is 4.79 Å². The predicted octanol–water partition coefficient (Wildman–Crippen LogP) is 1.26. The molecule has 2 fully saturated rings. The molecule has 2 heterocycles. The van der Waals surface area contributed by atoms with Gasteiger partial charge in [0.2, 0.25) is 0 Å². The van der Waals surface area contributed by atoms with Crippen molar-refractivity contribution in [3.05, 3.63) is 35.9 Å². The maximum Gasteiger partial charge on any atom is 0.329 e. The number of hydrogen-bond acceptors (Lipinski definition) is 2. The first-order valence-electron chi connectivity index (χ1n) is 8.64. The first-order chi connectivity index (χ1) is 11.1. The van der Waals surface area contributed by atoms with Crippen molar-refractivity contribution < 1.29 is 14.5 Å². The number of carbonyl (C=O) groups excluding carboxylic acids is 2. The van der Waals surface area contributed by atoms with E-state index in [1.165, 1.54) is 41.9 Å². The van der Waals surface area contributed by atoms with Gasteiger partial charge in [0.25, 0.3) is 5.91 Å². The Bertz CT molecular complexity index is 567. The van der Waals surface area contributed by atoms with Crippen LogP contribution in [0.3, 0.4) is 0 Å². The number of nitrogens with one attached hydrogen (secondary N) is 2. The zero-order valence-electron chi connectivity index (χ0n) is 13.8. The van der Waals surface area contributed by atoms with Crippen molar-refractivity contribution in [1.29, 1.82) is 0 Å². The molecule has 5 nitrogen and oxygen atoms in total. The molecule has 0 bridgehead atoms. The second-order valence-electron chi connectivity index (χ2n) is 6.83. The lowest BCUT2D eigenvalue weighted by atomic mass is 9.92. The highest BCUT2D eigenvalue weighted by Crippen LogP contribution is 2.27. The molecule has 3 rings (SSSR count). The van der Waals surface area contributed by atoms with E-state index in [9.17, 15) is 9.59 Å². The Labute approximate surface area is 137 Å². The average Bonchev–Trinajstić information content (AvgIpc) is 2.74. The zero-order valence-corrected chi connectivity index (χ0v) is 13.8. The molecule has 5 heteroatoms. The number of urea groups is 1. The highest BCUT2D eigenvalue weighted by Gasteiger charge is 2.50. The highest BCUT2D eigenvalue weighted by atomic mass is 16.2. The number of quaternary nitrogens is 1. The van der Waals surface area contributed by atoms with Gasteiger partial charge in [0.1, 0.15) is 5.54 Å². The third-order valence-corrected chi connectivity index (χ3v) is 5.07. The van der Waals surface area contributed by atoms with Crippen LogP contribution in [0.5, 0.6) is 0 Å². The quantitative estimate of drug-likeness (QED) is 0.825. The molecule has 0 aliphatic carbocycles. The van der Waals surface area contributed by atoms with E-state index in [2.05, 4.69) is 5.32 Å². The lowest BCUT2D eigenvalue weighted by Gasteiger charge is -2.26. The molecule has 2 aliphatic rings. The fourth-order valence-corrected chi connectivity index (χ4v) is 3.59. The Hall–Kier alpha value is -1.88. The number of rotatable bonds is 3. The second kappa shape index (κ2) is 6.71. The van der Waals surface area contributed by atoms with Gasteiger partial charge in [0.05, 0.1) is 13.1 Å². The zero-order chi connectivity index (χ0) is 16.3. The summed E-state index contributed by atoms with van der Waals surface area (Å²) in [6.45, 7) is 4.36. The van der Waals surface area contributed by atoms with Crippen LogP contribution in [0.15, 0.2) is 30.3 Å². The molecule has 0 saturated carbocycles. The second-order valence-corrected chi connectivity index (χ2v) is 6.83. The minimum Gasteiger partial charge on any atom is -0.319 e. The minimum absolute atomic E-state index is 0.136. The summed E-state index contributed by atoms with van der Waals surface area (Å²) < 4.78 is 0. The smallest absolute Gasteiger partial charge is 0.319 e. The van der Waals surface area contributed by atoms with Crippen molar-refractivity contribution in [1.82, 2.24) is 10.2 Å². The molecule has 3 amide bonds. The van der Waals surface area contributed by atoms with Crippen LogP contribution < -0.4 is 10.2 Å². The third-order valence-electron chi connectivity index (χ3n) is 5.07. The molecular formula is C18H26N3O2+. The van der Waals surface area contributed by atoms with Crippen molar-refractivity contribution in [2.24, 2.45) is 0 Å². The Morgan fingerprint density at radius 3 is 2.30 bits per heavy atom. The van der Waals surface area contributed by atoms with E-state index in [1.54, 1.807) is 6.92 Å². The van der Waals surface area contributed by atoms with Gasteiger partial charge in [-0.25, -0.2) is 9.69 Å². The third kappa shape index (κ3) is 3.24. The molecule has 1 aromatic rings.